The minimum absolute atomic E-state index is 0.139. The van der Waals surface area contributed by atoms with Crippen LogP contribution in [0.4, 0.5) is 0 Å². The summed E-state index contributed by atoms with van der Waals surface area (Å²) >= 11 is 0. The molecule has 0 atom stereocenters. The lowest BCUT2D eigenvalue weighted by atomic mass is 10.1. The Morgan fingerprint density at radius 3 is 2.60 bits per heavy atom. The standard InChI is InChI=1S/C19H25N3O3/c1-14(2)13-25-17-12-22(15-6-4-3-5-7-15)20-18(17)19(24)21-10-8-16(23)9-11-21/h3-7,12,14,16,23H,8-11,13H2,1-2H3. The number of hydrogen-bond donors (Lipinski definition) is 1. The van der Waals surface area contributed by atoms with Crippen molar-refractivity contribution in [1.82, 2.24) is 14.7 Å². The van der Waals surface area contributed by atoms with E-state index >= 15 is 0 Å². The summed E-state index contributed by atoms with van der Waals surface area (Å²) in [6.07, 6.45) is 2.66. The predicted octanol–water partition coefficient (Wildman–Crippen LogP) is 2.50. The molecular weight excluding hydrogens is 318 g/mol. The predicted molar refractivity (Wildman–Crippen MR) is 95.0 cm³/mol. The second kappa shape index (κ2) is 7.70. The van der Waals surface area contributed by atoms with Gasteiger partial charge in [0.05, 0.1) is 24.6 Å². The number of benzene rings is 1. The van der Waals surface area contributed by atoms with Crippen molar-refractivity contribution in [3.05, 3.63) is 42.2 Å². The van der Waals surface area contributed by atoms with Gasteiger partial charge in [-0.3, -0.25) is 4.79 Å². The molecule has 0 aliphatic carbocycles. The number of rotatable bonds is 5. The van der Waals surface area contributed by atoms with Gasteiger partial charge in [0, 0.05) is 13.1 Å². The van der Waals surface area contributed by atoms with Crippen molar-refractivity contribution < 1.29 is 14.6 Å². The van der Waals surface area contributed by atoms with E-state index in [1.54, 1.807) is 15.8 Å². The summed E-state index contributed by atoms with van der Waals surface area (Å²) in [5.74, 6) is 0.724. The van der Waals surface area contributed by atoms with E-state index in [2.05, 4.69) is 18.9 Å². The molecule has 2 heterocycles. The summed E-state index contributed by atoms with van der Waals surface area (Å²) in [5.41, 5.74) is 1.21. The molecule has 3 rings (SSSR count). The maximum atomic E-state index is 12.9. The quantitative estimate of drug-likeness (QED) is 0.906. The summed E-state index contributed by atoms with van der Waals surface area (Å²) in [5, 5.41) is 14.1. The Morgan fingerprint density at radius 1 is 1.28 bits per heavy atom. The van der Waals surface area contributed by atoms with Crippen molar-refractivity contribution in [2.24, 2.45) is 5.92 Å². The lowest BCUT2D eigenvalue weighted by Crippen LogP contribution is -2.40. The normalized spacial score (nSPS) is 15.6. The smallest absolute Gasteiger partial charge is 0.278 e. The van der Waals surface area contributed by atoms with Crippen LogP contribution >= 0.6 is 0 Å². The highest BCUT2D eigenvalue weighted by molar-refractivity contribution is 5.95. The minimum Gasteiger partial charge on any atom is -0.489 e. The second-order valence-corrected chi connectivity index (χ2v) is 6.85. The topological polar surface area (TPSA) is 67.6 Å². The number of ether oxygens (including phenoxy) is 1. The molecule has 1 aromatic carbocycles. The van der Waals surface area contributed by atoms with Crippen LogP contribution in [0.25, 0.3) is 5.69 Å². The van der Waals surface area contributed by atoms with E-state index in [4.69, 9.17) is 4.74 Å². The molecule has 1 aromatic heterocycles. The zero-order valence-corrected chi connectivity index (χ0v) is 14.8. The molecule has 134 valence electrons. The molecule has 6 nitrogen and oxygen atoms in total. The van der Waals surface area contributed by atoms with Gasteiger partial charge in [-0.15, -0.1) is 0 Å². The van der Waals surface area contributed by atoms with Crippen LogP contribution in [0.1, 0.15) is 37.2 Å². The third kappa shape index (κ3) is 4.20. The number of aliphatic hydroxyl groups excluding tert-OH is 1. The van der Waals surface area contributed by atoms with E-state index in [1.807, 2.05) is 30.3 Å². The first-order valence-corrected chi connectivity index (χ1v) is 8.80. The molecule has 2 aromatic rings. The van der Waals surface area contributed by atoms with Crippen molar-refractivity contribution in [2.45, 2.75) is 32.8 Å². The molecule has 1 aliphatic rings. The van der Waals surface area contributed by atoms with E-state index in [1.165, 1.54) is 0 Å². The lowest BCUT2D eigenvalue weighted by Gasteiger charge is -2.29. The van der Waals surface area contributed by atoms with Gasteiger partial charge < -0.3 is 14.7 Å². The van der Waals surface area contributed by atoms with Crippen LogP contribution in [0.15, 0.2) is 36.5 Å². The van der Waals surface area contributed by atoms with Crippen LogP contribution in [-0.2, 0) is 0 Å². The van der Waals surface area contributed by atoms with E-state index < -0.39 is 0 Å². The van der Waals surface area contributed by atoms with Crippen LogP contribution in [-0.4, -0.2) is 51.5 Å². The van der Waals surface area contributed by atoms with E-state index in [0.29, 0.717) is 49.9 Å². The van der Waals surface area contributed by atoms with Crippen molar-refractivity contribution in [2.75, 3.05) is 19.7 Å². The molecule has 1 N–H and O–H groups in total. The highest BCUT2D eigenvalue weighted by Crippen LogP contribution is 2.23. The number of aliphatic hydroxyl groups is 1. The van der Waals surface area contributed by atoms with Gasteiger partial charge in [-0.05, 0) is 30.9 Å². The number of aromatic nitrogens is 2. The Morgan fingerprint density at radius 2 is 1.96 bits per heavy atom. The third-order valence-corrected chi connectivity index (χ3v) is 4.23. The highest BCUT2D eigenvalue weighted by Gasteiger charge is 2.27. The highest BCUT2D eigenvalue weighted by atomic mass is 16.5. The zero-order chi connectivity index (χ0) is 17.8. The second-order valence-electron chi connectivity index (χ2n) is 6.85. The van der Waals surface area contributed by atoms with Crippen LogP contribution < -0.4 is 4.74 Å². The first-order chi connectivity index (χ1) is 12.0. The molecule has 6 heteroatoms. The van der Waals surface area contributed by atoms with Crippen molar-refractivity contribution >= 4 is 5.91 Å². The van der Waals surface area contributed by atoms with Gasteiger partial charge in [0.1, 0.15) is 0 Å². The Labute approximate surface area is 148 Å². The SMILES string of the molecule is CC(C)COc1cn(-c2ccccc2)nc1C(=O)N1CCC(O)CC1. The zero-order valence-electron chi connectivity index (χ0n) is 14.8. The summed E-state index contributed by atoms with van der Waals surface area (Å²) < 4.78 is 7.54. The monoisotopic (exact) mass is 343 g/mol. The number of nitrogens with zero attached hydrogens (tertiary/aromatic N) is 3. The van der Waals surface area contributed by atoms with Crippen molar-refractivity contribution in [1.29, 1.82) is 0 Å². The molecule has 25 heavy (non-hydrogen) atoms. The number of carbonyl (C=O) groups is 1. The Bertz CT molecular complexity index is 704. The van der Waals surface area contributed by atoms with Crippen molar-refractivity contribution in [3.8, 4) is 11.4 Å². The fourth-order valence-electron chi connectivity index (χ4n) is 2.80. The largest absolute Gasteiger partial charge is 0.489 e. The number of likely N-dealkylation sites (tertiary alicyclic amines) is 1. The lowest BCUT2D eigenvalue weighted by molar-refractivity contribution is 0.0537. The van der Waals surface area contributed by atoms with E-state index in [-0.39, 0.29) is 12.0 Å². The fraction of sp³-hybridized carbons (Fsp3) is 0.474. The van der Waals surface area contributed by atoms with Crippen molar-refractivity contribution in [3.63, 3.8) is 0 Å². The fourth-order valence-corrected chi connectivity index (χ4v) is 2.80. The average molecular weight is 343 g/mol. The summed E-state index contributed by atoms with van der Waals surface area (Å²) in [7, 11) is 0. The molecule has 1 saturated heterocycles. The van der Waals surface area contributed by atoms with Gasteiger partial charge in [0.15, 0.2) is 11.4 Å². The Hall–Kier alpha value is -2.34. The first-order valence-electron chi connectivity index (χ1n) is 8.80. The molecule has 1 aliphatic heterocycles. The molecule has 0 radical (unpaired) electrons. The van der Waals surface area contributed by atoms with Crippen LogP contribution in [0.2, 0.25) is 0 Å². The van der Waals surface area contributed by atoms with Crippen LogP contribution in [0.5, 0.6) is 5.75 Å². The molecule has 0 saturated carbocycles. The number of amides is 1. The Kier molecular flexibility index (Phi) is 5.38. The van der Waals surface area contributed by atoms with Gasteiger partial charge in [-0.25, -0.2) is 4.68 Å². The van der Waals surface area contributed by atoms with Gasteiger partial charge in [-0.1, -0.05) is 32.0 Å². The summed E-state index contributed by atoms with van der Waals surface area (Å²) in [6.45, 7) is 5.74. The number of carbonyl (C=O) groups excluding carboxylic acids is 1. The molecular formula is C19H25N3O3. The van der Waals surface area contributed by atoms with Gasteiger partial charge in [0.2, 0.25) is 0 Å². The molecule has 1 fully saturated rings. The minimum atomic E-state index is -0.317. The maximum absolute atomic E-state index is 12.9. The van der Waals surface area contributed by atoms with E-state index in [9.17, 15) is 9.90 Å². The summed E-state index contributed by atoms with van der Waals surface area (Å²) in [6, 6.07) is 9.67. The number of para-hydroxylation sites is 1. The van der Waals surface area contributed by atoms with E-state index in [0.717, 1.165) is 5.69 Å². The molecule has 0 bridgehead atoms. The van der Waals surface area contributed by atoms with Crippen LogP contribution in [0.3, 0.4) is 0 Å². The average Bonchev–Trinajstić information content (AvgIpc) is 3.05. The molecule has 0 spiro atoms. The first kappa shape index (κ1) is 17.5. The summed E-state index contributed by atoms with van der Waals surface area (Å²) in [4.78, 5) is 14.6. The molecule has 1 amide bonds. The Balaban J connectivity index is 1.87. The van der Waals surface area contributed by atoms with Gasteiger partial charge in [0.25, 0.3) is 5.91 Å². The molecule has 0 unspecified atom stereocenters. The van der Waals surface area contributed by atoms with Crippen LogP contribution in [0, 0.1) is 5.92 Å². The maximum Gasteiger partial charge on any atom is 0.278 e. The van der Waals surface area contributed by atoms with Gasteiger partial charge in [-0.2, -0.15) is 5.10 Å². The number of hydrogen-bond acceptors (Lipinski definition) is 4. The number of piperidine rings is 1. The van der Waals surface area contributed by atoms with Gasteiger partial charge >= 0.3 is 0 Å². The third-order valence-electron chi connectivity index (χ3n) is 4.23.